The lowest BCUT2D eigenvalue weighted by molar-refractivity contribution is 0.376. The monoisotopic (exact) mass is 397 g/mol. The molecule has 2 aromatic carbocycles. The fourth-order valence-corrected chi connectivity index (χ4v) is 3.90. The van der Waals surface area contributed by atoms with Crippen molar-refractivity contribution >= 4 is 21.1 Å². The number of imidazole rings is 1. The van der Waals surface area contributed by atoms with Crippen molar-refractivity contribution in [2.24, 2.45) is 0 Å². The molecule has 0 fully saturated rings. The summed E-state index contributed by atoms with van der Waals surface area (Å²) < 4.78 is 34.3. The van der Waals surface area contributed by atoms with Crippen LogP contribution in [0.3, 0.4) is 0 Å². The average Bonchev–Trinajstić information content (AvgIpc) is 3.34. The van der Waals surface area contributed by atoms with Crippen LogP contribution < -0.4 is 4.72 Å². The number of benzene rings is 2. The first kappa shape index (κ1) is 18.3. The van der Waals surface area contributed by atoms with E-state index in [2.05, 4.69) is 31.3 Å². The van der Waals surface area contributed by atoms with Gasteiger partial charge in [-0.05, 0) is 36.8 Å². The predicted molar refractivity (Wildman–Crippen MR) is 104 cm³/mol. The number of fused-ring (bicyclic) bond motifs is 1. The van der Waals surface area contributed by atoms with Crippen LogP contribution in [0.2, 0.25) is 0 Å². The standard InChI is InChI=1S/C19H19N5O3S/c1-2-10-24-13-20-16-11-14(8-9-17(16)24)19-22-18(27-23-19)12-21-28(25,26)15-6-4-3-5-7-15/h3-9,11,13,21H,2,10,12H2,1H3. The maximum absolute atomic E-state index is 12.3. The molecule has 0 amide bonds. The summed E-state index contributed by atoms with van der Waals surface area (Å²) in [5, 5.41) is 3.95. The van der Waals surface area contributed by atoms with Gasteiger partial charge in [0.2, 0.25) is 21.7 Å². The maximum atomic E-state index is 12.3. The summed E-state index contributed by atoms with van der Waals surface area (Å²) in [6, 6.07) is 13.9. The topological polar surface area (TPSA) is 103 Å². The molecule has 8 nitrogen and oxygen atoms in total. The van der Waals surface area contributed by atoms with E-state index in [0.717, 1.165) is 29.6 Å². The number of rotatable bonds is 7. The fraction of sp³-hybridized carbons (Fsp3) is 0.211. The molecule has 1 N–H and O–H groups in total. The molecule has 0 radical (unpaired) electrons. The lowest BCUT2D eigenvalue weighted by atomic mass is 10.2. The van der Waals surface area contributed by atoms with E-state index < -0.39 is 10.0 Å². The Hall–Kier alpha value is -3.04. The molecule has 0 saturated heterocycles. The molecule has 4 rings (SSSR count). The zero-order chi connectivity index (χ0) is 19.6. The molecule has 0 unspecified atom stereocenters. The van der Waals surface area contributed by atoms with Gasteiger partial charge < -0.3 is 9.09 Å². The molecule has 0 aliphatic carbocycles. The van der Waals surface area contributed by atoms with Crippen LogP contribution in [-0.4, -0.2) is 28.1 Å². The van der Waals surface area contributed by atoms with Gasteiger partial charge in [-0.2, -0.15) is 4.98 Å². The average molecular weight is 397 g/mol. The van der Waals surface area contributed by atoms with Crippen LogP contribution in [0.1, 0.15) is 19.2 Å². The zero-order valence-corrected chi connectivity index (χ0v) is 16.1. The van der Waals surface area contributed by atoms with E-state index in [1.807, 2.05) is 24.5 Å². The summed E-state index contributed by atoms with van der Waals surface area (Å²) in [6.07, 6.45) is 2.85. The number of nitrogens with one attached hydrogen (secondary N) is 1. The number of hydrogen-bond donors (Lipinski definition) is 1. The van der Waals surface area contributed by atoms with Crippen LogP contribution in [0.4, 0.5) is 0 Å². The summed E-state index contributed by atoms with van der Waals surface area (Å²) in [5.41, 5.74) is 2.65. The van der Waals surface area contributed by atoms with Crippen molar-refractivity contribution in [3.05, 3.63) is 60.7 Å². The highest BCUT2D eigenvalue weighted by atomic mass is 32.2. The van der Waals surface area contributed by atoms with Crippen molar-refractivity contribution < 1.29 is 12.9 Å². The summed E-state index contributed by atoms with van der Waals surface area (Å²) >= 11 is 0. The van der Waals surface area contributed by atoms with Crippen LogP contribution in [-0.2, 0) is 23.1 Å². The molecule has 0 aliphatic heterocycles. The van der Waals surface area contributed by atoms with Gasteiger partial charge in [0.1, 0.15) is 0 Å². The third kappa shape index (κ3) is 3.67. The van der Waals surface area contributed by atoms with Gasteiger partial charge in [-0.1, -0.05) is 30.3 Å². The van der Waals surface area contributed by atoms with Gasteiger partial charge in [-0.3, -0.25) is 0 Å². The van der Waals surface area contributed by atoms with E-state index in [0.29, 0.717) is 5.82 Å². The zero-order valence-electron chi connectivity index (χ0n) is 15.2. The van der Waals surface area contributed by atoms with E-state index >= 15 is 0 Å². The molecule has 0 bridgehead atoms. The Morgan fingerprint density at radius 2 is 1.96 bits per heavy atom. The van der Waals surface area contributed by atoms with E-state index in [4.69, 9.17) is 4.52 Å². The van der Waals surface area contributed by atoms with Gasteiger partial charge in [0, 0.05) is 12.1 Å². The fourth-order valence-electron chi connectivity index (χ4n) is 2.91. The minimum absolute atomic E-state index is 0.0857. The molecule has 2 heterocycles. The van der Waals surface area contributed by atoms with Crippen molar-refractivity contribution in [2.45, 2.75) is 31.3 Å². The summed E-state index contributed by atoms with van der Waals surface area (Å²) in [7, 11) is -3.64. The second kappa shape index (κ2) is 7.53. The van der Waals surface area contributed by atoms with Gasteiger partial charge in [-0.15, -0.1) is 0 Å². The molecule has 28 heavy (non-hydrogen) atoms. The molecular formula is C19H19N5O3S. The van der Waals surface area contributed by atoms with Crippen molar-refractivity contribution in [1.82, 2.24) is 24.4 Å². The first-order valence-electron chi connectivity index (χ1n) is 8.89. The number of aryl methyl sites for hydroxylation is 1. The molecule has 9 heteroatoms. The number of hydrogen-bond acceptors (Lipinski definition) is 6. The van der Waals surface area contributed by atoms with Gasteiger partial charge in [0.05, 0.1) is 28.8 Å². The summed E-state index contributed by atoms with van der Waals surface area (Å²) in [6.45, 7) is 2.94. The lowest BCUT2D eigenvalue weighted by Gasteiger charge is -2.03. The Morgan fingerprint density at radius 3 is 2.75 bits per heavy atom. The Balaban J connectivity index is 1.51. The summed E-state index contributed by atoms with van der Waals surface area (Å²) in [5.74, 6) is 0.576. The van der Waals surface area contributed by atoms with Crippen LogP contribution in [0.25, 0.3) is 22.4 Å². The van der Waals surface area contributed by atoms with Gasteiger partial charge in [0.15, 0.2) is 0 Å². The van der Waals surface area contributed by atoms with Crippen LogP contribution in [0.15, 0.2) is 64.3 Å². The maximum Gasteiger partial charge on any atom is 0.242 e. The SMILES string of the molecule is CCCn1cnc2cc(-c3noc(CNS(=O)(=O)c4ccccc4)n3)ccc21. The normalized spacial score (nSPS) is 11.9. The smallest absolute Gasteiger partial charge is 0.242 e. The molecule has 4 aromatic rings. The molecular weight excluding hydrogens is 378 g/mol. The molecule has 0 aliphatic rings. The van der Waals surface area contributed by atoms with Crippen LogP contribution in [0.5, 0.6) is 0 Å². The number of sulfonamides is 1. The number of nitrogens with zero attached hydrogens (tertiary/aromatic N) is 4. The van der Waals surface area contributed by atoms with Gasteiger partial charge in [-0.25, -0.2) is 18.1 Å². The minimum Gasteiger partial charge on any atom is -0.338 e. The van der Waals surface area contributed by atoms with Crippen molar-refractivity contribution in [3.8, 4) is 11.4 Å². The van der Waals surface area contributed by atoms with E-state index in [9.17, 15) is 8.42 Å². The second-order valence-electron chi connectivity index (χ2n) is 6.29. The molecule has 0 atom stereocenters. The van der Waals surface area contributed by atoms with Crippen molar-refractivity contribution in [2.75, 3.05) is 0 Å². The Kier molecular flexibility index (Phi) is 4.93. The highest BCUT2D eigenvalue weighted by molar-refractivity contribution is 7.89. The predicted octanol–water partition coefficient (Wildman–Crippen LogP) is 2.97. The second-order valence-corrected chi connectivity index (χ2v) is 8.06. The van der Waals surface area contributed by atoms with E-state index in [1.165, 1.54) is 12.1 Å². The Labute approximate surface area is 162 Å². The Bertz CT molecular complexity index is 1200. The Morgan fingerprint density at radius 1 is 1.14 bits per heavy atom. The highest BCUT2D eigenvalue weighted by Crippen LogP contribution is 2.22. The lowest BCUT2D eigenvalue weighted by Crippen LogP contribution is -2.23. The van der Waals surface area contributed by atoms with E-state index in [-0.39, 0.29) is 17.3 Å². The minimum atomic E-state index is -3.64. The first-order chi connectivity index (χ1) is 13.6. The largest absolute Gasteiger partial charge is 0.338 e. The van der Waals surface area contributed by atoms with Gasteiger partial charge in [0.25, 0.3) is 0 Å². The number of aromatic nitrogens is 4. The third-order valence-electron chi connectivity index (χ3n) is 4.28. The molecule has 2 aromatic heterocycles. The van der Waals surface area contributed by atoms with Crippen molar-refractivity contribution in [3.63, 3.8) is 0 Å². The van der Waals surface area contributed by atoms with E-state index in [1.54, 1.807) is 18.2 Å². The highest BCUT2D eigenvalue weighted by Gasteiger charge is 2.16. The molecule has 0 spiro atoms. The van der Waals surface area contributed by atoms with Crippen LogP contribution >= 0.6 is 0 Å². The van der Waals surface area contributed by atoms with Crippen molar-refractivity contribution in [1.29, 1.82) is 0 Å². The first-order valence-corrected chi connectivity index (χ1v) is 10.4. The molecule has 144 valence electrons. The quantitative estimate of drug-likeness (QED) is 0.514. The van der Waals surface area contributed by atoms with Crippen LogP contribution in [0, 0.1) is 0 Å². The van der Waals surface area contributed by atoms with Gasteiger partial charge >= 0.3 is 0 Å². The molecule has 0 saturated carbocycles. The summed E-state index contributed by atoms with van der Waals surface area (Å²) in [4.78, 5) is 8.89. The third-order valence-corrected chi connectivity index (χ3v) is 5.70.